The summed E-state index contributed by atoms with van der Waals surface area (Å²) < 4.78 is 36.9. The second-order valence-corrected chi connectivity index (χ2v) is 5.74. The molecule has 2 aromatic rings. The molecular formula is C15H14BrF3. The topological polar surface area (TPSA) is 0 Å². The van der Waals surface area contributed by atoms with Crippen molar-refractivity contribution in [1.82, 2.24) is 0 Å². The Kier molecular flexibility index (Phi) is 4.19. The van der Waals surface area contributed by atoms with E-state index in [1.54, 1.807) is 0 Å². The van der Waals surface area contributed by atoms with Crippen LogP contribution in [-0.2, 0) is 0 Å². The van der Waals surface area contributed by atoms with Crippen molar-refractivity contribution in [3.8, 4) is 0 Å². The van der Waals surface area contributed by atoms with Crippen molar-refractivity contribution in [3.05, 3.63) is 47.5 Å². The molecule has 0 radical (unpaired) electrons. The fraction of sp³-hybridized carbons (Fsp3) is 0.333. The molecule has 0 amide bonds. The van der Waals surface area contributed by atoms with Crippen LogP contribution in [0.5, 0.6) is 0 Å². The lowest BCUT2D eigenvalue weighted by atomic mass is 9.97. The lowest BCUT2D eigenvalue weighted by Crippen LogP contribution is -2.08. The predicted octanol–water partition coefficient (Wildman–Crippen LogP) is 5.93. The van der Waals surface area contributed by atoms with Crippen molar-refractivity contribution >= 4 is 26.7 Å². The van der Waals surface area contributed by atoms with Gasteiger partial charge in [-0.25, -0.2) is 0 Å². The van der Waals surface area contributed by atoms with Crippen molar-refractivity contribution < 1.29 is 13.2 Å². The molecule has 0 nitrogen and oxygen atoms in total. The molecule has 2 aromatic carbocycles. The van der Waals surface area contributed by atoms with Gasteiger partial charge in [0.25, 0.3) is 0 Å². The molecule has 1 atom stereocenters. The van der Waals surface area contributed by atoms with Crippen LogP contribution in [0.25, 0.3) is 10.8 Å². The number of alkyl halides is 4. The zero-order valence-corrected chi connectivity index (χ0v) is 12.1. The van der Waals surface area contributed by atoms with Crippen LogP contribution in [0.3, 0.4) is 0 Å². The van der Waals surface area contributed by atoms with Gasteiger partial charge in [-0.05, 0) is 35.2 Å². The molecule has 0 N–H and O–H groups in total. The number of hydrogen-bond donors (Lipinski definition) is 0. The van der Waals surface area contributed by atoms with Gasteiger partial charge in [-0.15, -0.1) is 0 Å². The van der Waals surface area contributed by atoms with Crippen molar-refractivity contribution in [2.24, 2.45) is 0 Å². The Morgan fingerprint density at radius 2 is 1.68 bits per heavy atom. The maximum absolute atomic E-state index is 12.3. The van der Waals surface area contributed by atoms with Gasteiger partial charge in [0.2, 0.25) is 0 Å². The lowest BCUT2D eigenvalue weighted by Gasteiger charge is -2.15. The predicted molar refractivity (Wildman–Crippen MR) is 75.6 cm³/mol. The Morgan fingerprint density at radius 1 is 1.05 bits per heavy atom. The number of benzene rings is 2. The molecule has 2 rings (SSSR count). The van der Waals surface area contributed by atoms with Gasteiger partial charge >= 0.3 is 6.18 Å². The molecule has 0 saturated carbocycles. The van der Waals surface area contributed by atoms with Crippen LogP contribution in [0.1, 0.15) is 28.8 Å². The molecule has 0 saturated heterocycles. The summed E-state index contributed by atoms with van der Waals surface area (Å²) in [5, 5.41) is 2.11. The van der Waals surface area contributed by atoms with Gasteiger partial charge < -0.3 is 0 Å². The van der Waals surface area contributed by atoms with Crippen LogP contribution in [0.2, 0.25) is 0 Å². The Labute approximate surface area is 118 Å². The minimum Gasteiger partial charge on any atom is -0.171 e. The molecule has 0 spiro atoms. The highest BCUT2D eigenvalue weighted by Crippen LogP contribution is 2.37. The van der Waals surface area contributed by atoms with E-state index < -0.39 is 12.6 Å². The highest BCUT2D eigenvalue weighted by molar-refractivity contribution is 9.09. The summed E-state index contributed by atoms with van der Waals surface area (Å²) in [5.74, 6) is 0. The third kappa shape index (κ3) is 3.50. The number of fused-ring (bicyclic) bond motifs is 1. The third-order valence-corrected chi connectivity index (χ3v) is 4.15. The van der Waals surface area contributed by atoms with Crippen LogP contribution in [0.15, 0.2) is 36.4 Å². The maximum Gasteiger partial charge on any atom is 0.389 e. The van der Waals surface area contributed by atoms with E-state index in [2.05, 4.69) is 15.9 Å². The first-order chi connectivity index (χ1) is 8.88. The van der Waals surface area contributed by atoms with Crippen molar-refractivity contribution in [1.29, 1.82) is 0 Å². The molecule has 0 aliphatic carbocycles. The monoisotopic (exact) mass is 330 g/mol. The smallest absolute Gasteiger partial charge is 0.171 e. The average molecular weight is 331 g/mol. The molecule has 4 heteroatoms. The van der Waals surface area contributed by atoms with E-state index in [0.29, 0.717) is 0 Å². The Bertz CT molecular complexity index is 575. The minimum atomic E-state index is -4.10. The summed E-state index contributed by atoms with van der Waals surface area (Å²) in [7, 11) is 0. The van der Waals surface area contributed by atoms with E-state index in [1.165, 1.54) is 0 Å². The van der Waals surface area contributed by atoms with Crippen LogP contribution in [0.4, 0.5) is 13.2 Å². The Balaban J connectivity index is 2.32. The van der Waals surface area contributed by atoms with Crippen LogP contribution >= 0.6 is 15.9 Å². The van der Waals surface area contributed by atoms with Gasteiger partial charge in [0.1, 0.15) is 0 Å². The normalized spacial score (nSPS) is 13.7. The molecule has 0 bridgehead atoms. The van der Waals surface area contributed by atoms with Gasteiger partial charge in [-0.1, -0.05) is 52.3 Å². The van der Waals surface area contributed by atoms with E-state index in [1.807, 2.05) is 43.3 Å². The molecule has 0 aromatic heterocycles. The summed E-state index contributed by atoms with van der Waals surface area (Å²) in [6.07, 6.45) is -4.83. The maximum atomic E-state index is 12.3. The van der Waals surface area contributed by atoms with Gasteiger partial charge in [0.05, 0.1) is 0 Å². The van der Waals surface area contributed by atoms with Crippen molar-refractivity contribution in [2.75, 3.05) is 0 Å². The first kappa shape index (κ1) is 14.4. The molecule has 0 heterocycles. The first-order valence-corrected chi connectivity index (χ1v) is 6.99. The minimum absolute atomic E-state index is 0.0521. The van der Waals surface area contributed by atoms with Crippen LogP contribution < -0.4 is 0 Å². The summed E-state index contributed by atoms with van der Waals surface area (Å²) in [6.45, 7) is 2.01. The summed E-state index contributed by atoms with van der Waals surface area (Å²) in [6, 6.07) is 11.7. The van der Waals surface area contributed by atoms with Crippen molar-refractivity contribution in [2.45, 2.75) is 30.8 Å². The fourth-order valence-corrected chi connectivity index (χ4v) is 2.82. The number of hydrogen-bond acceptors (Lipinski definition) is 0. The van der Waals surface area contributed by atoms with Gasteiger partial charge in [0.15, 0.2) is 0 Å². The molecule has 0 aliphatic rings. The standard InChI is InChI=1S/C15H14BrF3/c1-10-6-7-13(12-5-3-2-4-11(10)12)14(16)8-9-15(17,18)19/h2-7,14H,8-9H2,1H3. The summed E-state index contributed by atoms with van der Waals surface area (Å²) in [5.41, 5.74) is 2.06. The first-order valence-electron chi connectivity index (χ1n) is 6.07. The molecule has 19 heavy (non-hydrogen) atoms. The van der Waals surface area contributed by atoms with Crippen LogP contribution in [0, 0.1) is 6.92 Å². The third-order valence-electron chi connectivity index (χ3n) is 3.19. The van der Waals surface area contributed by atoms with E-state index in [0.717, 1.165) is 21.9 Å². The van der Waals surface area contributed by atoms with Gasteiger partial charge in [-0.2, -0.15) is 13.2 Å². The second-order valence-electron chi connectivity index (χ2n) is 4.64. The van der Waals surface area contributed by atoms with E-state index in [4.69, 9.17) is 0 Å². The van der Waals surface area contributed by atoms with Gasteiger partial charge in [0, 0.05) is 11.2 Å². The molecule has 1 unspecified atom stereocenters. The number of rotatable bonds is 3. The highest BCUT2D eigenvalue weighted by Gasteiger charge is 2.28. The summed E-state index contributed by atoms with van der Waals surface area (Å²) in [4.78, 5) is -0.278. The van der Waals surface area contributed by atoms with E-state index >= 15 is 0 Å². The quantitative estimate of drug-likeness (QED) is 0.612. The van der Waals surface area contributed by atoms with E-state index in [9.17, 15) is 13.2 Å². The molecule has 0 fully saturated rings. The molecule has 0 aliphatic heterocycles. The zero-order chi connectivity index (χ0) is 14.0. The lowest BCUT2D eigenvalue weighted by molar-refractivity contribution is -0.135. The second kappa shape index (κ2) is 5.53. The largest absolute Gasteiger partial charge is 0.389 e. The average Bonchev–Trinajstić information content (AvgIpc) is 2.36. The highest BCUT2D eigenvalue weighted by atomic mass is 79.9. The Hall–Kier alpha value is -1.03. The Morgan fingerprint density at radius 3 is 2.32 bits per heavy atom. The van der Waals surface area contributed by atoms with Gasteiger partial charge in [-0.3, -0.25) is 0 Å². The summed E-state index contributed by atoms with van der Waals surface area (Å²) >= 11 is 3.38. The fourth-order valence-electron chi connectivity index (χ4n) is 2.19. The number of aryl methyl sites for hydroxylation is 1. The number of halogens is 4. The zero-order valence-electron chi connectivity index (χ0n) is 10.5. The SMILES string of the molecule is Cc1ccc(C(Br)CCC(F)(F)F)c2ccccc12. The molecule has 102 valence electrons. The molecular weight excluding hydrogens is 317 g/mol. The van der Waals surface area contributed by atoms with E-state index in [-0.39, 0.29) is 11.2 Å². The van der Waals surface area contributed by atoms with Crippen molar-refractivity contribution in [3.63, 3.8) is 0 Å². The van der Waals surface area contributed by atoms with Crippen LogP contribution in [-0.4, -0.2) is 6.18 Å².